The summed E-state index contributed by atoms with van der Waals surface area (Å²) in [7, 11) is 0. The normalized spacial score (nSPS) is 9.83. The van der Waals surface area contributed by atoms with Crippen molar-refractivity contribution < 1.29 is 14.3 Å². The Morgan fingerprint density at radius 2 is 2.06 bits per heavy atom. The maximum Gasteiger partial charge on any atom is 0.404 e. The predicted molar refractivity (Wildman–Crippen MR) is 68.5 cm³/mol. The van der Waals surface area contributed by atoms with E-state index in [4.69, 9.17) is 17.3 Å². The first-order chi connectivity index (χ1) is 8.59. The van der Waals surface area contributed by atoms with Gasteiger partial charge in [0, 0.05) is 6.54 Å². The zero-order valence-corrected chi connectivity index (χ0v) is 10.4. The molecule has 7 heteroatoms. The fraction of sp³-hybridized carbons (Fsp3) is 0.273. The second kappa shape index (κ2) is 7.52. The third-order valence-electron chi connectivity index (χ3n) is 1.96. The van der Waals surface area contributed by atoms with Gasteiger partial charge >= 0.3 is 6.09 Å². The SMILES string of the molecule is NC(=O)OCCNCC(=O)Nc1ccccc1Cl. The Balaban J connectivity index is 2.22. The van der Waals surface area contributed by atoms with Crippen LogP contribution in [0.4, 0.5) is 10.5 Å². The van der Waals surface area contributed by atoms with Crippen LogP contribution < -0.4 is 16.4 Å². The highest BCUT2D eigenvalue weighted by Gasteiger charge is 2.04. The minimum absolute atomic E-state index is 0.0906. The lowest BCUT2D eigenvalue weighted by atomic mass is 10.3. The van der Waals surface area contributed by atoms with Gasteiger partial charge in [0.1, 0.15) is 6.61 Å². The number of nitrogens with two attached hydrogens (primary N) is 1. The van der Waals surface area contributed by atoms with Gasteiger partial charge in [-0.3, -0.25) is 4.79 Å². The maximum absolute atomic E-state index is 11.5. The van der Waals surface area contributed by atoms with Crippen molar-refractivity contribution in [3.63, 3.8) is 0 Å². The van der Waals surface area contributed by atoms with Gasteiger partial charge in [-0.25, -0.2) is 4.79 Å². The number of carbonyl (C=O) groups is 2. The van der Waals surface area contributed by atoms with Crippen LogP contribution in [0.5, 0.6) is 0 Å². The van der Waals surface area contributed by atoms with Crippen molar-refractivity contribution in [2.45, 2.75) is 0 Å². The Kier molecular flexibility index (Phi) is 5.96. The van der Waals surface area contributed by atoms with E-state index in [1.807, 2.05) is 0 Å². The molecule has 0 aromatic heterocycles. The zero-order chi connectivity index (χ0) is 13.4. The highest BCUT2D eigenvalue weighted by atomic mass is 35.5. The number of benzene rings is 1. The molecule has 0 aliphatic heterocycles. The second-order valence-electron chi connectivity index (χ2n) is 3.37. The third kappa shape index (κ3) is 5.51. The van der Waals surface area contributed by atoms with Crippen LogP contribution in [0.15, 0.2) is 24.3 Å². The van der Waals surface area contributed by atoms with Gasteiger partial charge in [-0.15, -0.1) is 0 Å². The standard InChI is InChI=1S/C11H14ClN3O3/c12-8-3-1-2-4-9(8)15-10(16)7-14-5-6-18-11(13)17/h1-4,14H,5-7H2,(H2,13,17)(H,15,16). The summed E-state index contributed by atoms with van der Waals surface area (Å²) in [6.45, 7) is 0.556. The first-order valence-electron chi connectivity index (χ1n) is 5.27. The van der Waals surface area contributed by atoms with Gasteiger partial charge in [0.25, 0.3) is 0 Å². The maximum atomic E-state index is 11.5. The van der Waals surface area contributed by atoms with Crippen LogP contribution in [0.1, 0.15) is 0 Å². The van der Waals surface area contributed by atoms with Gasteiger partial charge in [0.05, 0.1) is 17.3 Å². The predicted octanol–water partition coefficient (Wildman–Crippen LogP) is 0.963. The van der Waals surface area contributed by atoms with Crippen molar-refractivity contribution in [3.05, 3.63) is 29.3 Å². The number of hydrogen-bond donors (Lipinski definition) is 3. The molecular formula is C11H14ClN3O3. The van der Waals surface area contributed by atoms with E-state index in [2.05, 4.69) is 15.4 Å². The molecule has 6 nitrogen and oxygen atoms in total. The van der Waals surface area contributed by atoms with Gasteiger partial charge in [-0.2, -0.15) is 0 Å². The van der Waals surface area contributed by atoms with E-state index in [1.165, 1.54) is 0 Å². The summed E-state index contributed by atoms with van der Waals surface area (Å²) in [4.78, 5) is 21.8. The molecule has 2 amide bonds. The van der Waals surface area contributed by atoms with E-state index in [1.54, 1.807) is 24.3 Å². The minimum atomic E-state index is -0.836. The number of hydrogen-bond acceptors (Lipinski definition) is 4. The Morgan fingerprint density at radius 3 is 2.72 bits per heavy atom. The van der Waals surface area contributed by atoms with Crippen LogP contribution in [0.25, 0.3) is 0 Å². The van der Waals surface area contributed by atoms with E-state index in [0.717, 1.165) is 0 Å². The van der Waals surface area contributed by atoms with E-state index in [0.29, 0.717) is 17.3 Å². The summed E-state index contributed by atoms with van der Waals surface area (Å²) >= 11 is 5.88. The van der Waals surface area contributed by atoms with Crippen molar-refractivity contribution in [2.24, 2.45) is 5.73 Å². The van der Waals surface area contributed by atoms with Crippen molar-refractivity contribution in [1.29, 1.82) is 0 Å². The average molecular weight is 272 g/mol. The molecule has 4 N–H and O–H groups in total. The summed E-state index contributed by atoms with van der Waals surface area (Å²) in [6, 6.07) is 6.94. The number of primary amides is 1. The number of halogens is 1. The Hall–Kier alpha value is -1.79. The average Bonchev–Trinajstić information content (AvgIpc) is 2.31. The molecule has 1 aromatic carbocycles. The van der Waals surface area contributed by atoms with Crippen molar-refractivity contribution in [1.82, 2.24) is 5.32 Å². The summed E-state index contributed by atoms with van der Waals surface area (Å²) < 4.78 is 4.48. The van der Waals surface area contributed by atoms with Crippen LogP contribution in [0.3, 0.4) is 0 Å². The molecule has 0 bridgehead atoms. The van der Waals surface area contributed by atoms with Crippen LogP contribution in [0.2, 0.25) is 5.02 Å². The lowest BCUT2D eigenvalue weighted by Gasteiger charge is -2.07. The lowest BCUT2D eigenvalue weighted by molar-refractivity contribution is -0.115. The Bertz CT molecular complexity index is 426. The molecule has 98 valence electrons. The van der Waals surface area contributed by atoms with E-state index in [9.17, 15) is 9.59 Å². The molecule has 0 unspecified atom stereocenters. The second-order valence-corrected chi connectivity index (χ2v) is 3.78. The fourth-order valence-corrected chi connectivity index (χ4v) is 1.37. The van der Waals surface area contributed by atoms with Crippen molar-refractivity contribution in [2.75, 3.05) is 25.0 Å². The topological polar surface area (TPSA) is 93.5 Å². The number of carbonyl (C=O) groups excluding carboxylic acids is 2. The summed E-state index contributed by atoms with van der Waals surface area (Å²) in [5, 5.41) is 5.91. The lowest BCUT2D eigenvalue weighted by Crippen LogP contribution is -2.31. The van der Waals surface area contributed by atoms with Gasteiger partial charge in [-0.05, 0) is 12.1 Å². The molecule has 0 heterocycles. The molecule has 1 rings (SSSR count). The molecule has 0 fully saturated rings. The monoisotopic (exact) mass is 271 g/mol. The molecule has 0 atom stereocenters. The highest BCUT2D eigenvalue weighted by molar-refractivity contribution is 6.33. The van der Waals surface area contributed by atoms with E-state index < -0.39 is 6.09 Å². The smallest absolute Gasteiger partial charge is 0.404 e. The molecule has 1 aromatic rings. The van der Waals surface area contributed by atoms with Crippen molar-refractivity contribution >= 4 is 29.3 Å². The molecule has 0 radical (unpaired) electrons. The largest absolute Gasteiger partial charge is 0.448 e. The van der Waals surface area contributed by atoms with Crippen LogP contribution in [0, 0.1) is 0 Å². The quantitative estimate of drug-likeness (QED) is 0.672. The molecular weight excluding hydrogens is 258 g/mol. The van der Waals surface area contributed by atoms with Crippen LogP contribution >= 0.6 is 11.6 Å². The minimum Gasteiger partial charge on any atom is -0.448 e. The molecule has 0 aliphatic rings. The van der Waals surface area contributed by atoms with Gasteiger partial charge in [-0.1, -0.05) is 23.7 Å². The number of anilines is 1. The van der Waals surface area contributed by atoms with Crippen LogP contribution in [-0.2, 0) is 9.53 Å². The molecule has 0 saturated carbocycles. The number of para-hydroxylation sites is 1. The number of amides is 2. The fourth-order valence-electron chi connectivity index (χ4n) is 1.18. The zero-order valence-electron chi connectivity index (χ0n) is 9.61. The van der Waals surface area contributed by atoms with Gasteiger partial charge in [0.2, 0.25) is 5.91 Å². The molecule has 0 saturated heterocycles. The first kappa shape index (κ1) is 14.3. The Morgan fingerprint density at radius 1 is 1.33 bits per heavy atom. The summed E-state index contributed by atoms with van der Waals surface area (Å²) in [6.07, 6.45) is -0.836. The molecule has 0 spiro atoms. The number of nitrogens with one attached hydrogen (secondary N) is 2. The number of ether oxygens (including phenoxy) is 1. The van der Waals surface area contributed by atoms with Crippen LogP contribution in [-0.4, -0.2) is 31.7 Å². The number of rotatable bonds is 6. The summed E-state index contributed by atoms with van der Waals surface area (Å²) in [5.41, 5.74) is 5.33. The molecule has 18 heavy (non-hydrogen) atoms. The van der Waals surface area contributed by atoms with Gasteiger partial charge in [0.15, 0.2) is 0 Å². The van der Waals surface area contributed by atoms with Crippen molar-refractivity contribution in [3.8, 4) is 0 Å². The highest BCUT2D eigenvalue weighted by Crippen LogP contribution is 2.19. The third-order valence-corrected chi connectivity index (χ3v) is 2.29. The van der Waals surface area contributed by atoms with Gasteiger partial charge < -0.3 is 21.1 Å². The van der Waals surface area contributed by atoms with E-state index >= 15 is 0 Å². The summed E-state index contributed by atoms with van der Waals surface area (Å²) in [5.74, 6) is -0.234. The first-order valence-corrected chi connectivity index (χ1v) is 5.64. The van der Waals surface area contributed by atoms with E-state index in [-0.39, 0.29) is 19.1 Å². The molecule has 0 aliphatic carbocycles. The Labute approximate surface area is 109 Å².